The molecule has 1 aromatic heterocycles. The summed E-state index contributed by atoms with van der Waals surface area (Å²) in [7, 11) is 3.57. The summed E-state index contributed by atoms with van der Waals surface area (Å²) in [6.45, 7) is 1.85. The highest BCUT2D eigenvalue weighted by molar-refractivity contribution is 7.10. The number of thiophene rings is 1. The zero-order chi connectivity index (χ0) is 19.7. The molecule has 0 saturated carbocycles. The fourth-order valence-corrected chi connectivity index (χ4v) is 5.34. The normalized spacial score (nSPS) is 22.1. The second kappa shape index (κ2) is 8.05. The minimum atomic E-state index is -0.171. The summed E-state index contributed by atoms with van der Waals surface area (Å²) in [5.74, 6) is 0.216. The van der Waals surface area contributed by atoms with Crippen LogP contribution in [0.1, 0.15) is 34.9 Å². The summed E-state index contributed by atoms with van der Waals surface area (Å²) < 4.78 is 0. The van der Waals surface area contributed by atoms with Gasteiger partial charge in [0, 0.05) is 25.5 Å². The number of fused-ring (bicyclic) bond motifs is 1. The van der Waals surface area contributed by atoms with Crippen molar-refractivity contribution in [3.63, 3.8) is 0 Å². The SMILES string of the molecule is CN(C)C(=O)C1CCCN1CC(=O)N1CCc2sccc2C1c1ccccc1. The van der Waals surface area contributed by atoms with Crippen molar-refractivity contribution in [1.29, 1.82) is 0 Å². The van der Waals surface area contributed by atoms with E-state index in [1.54, 1.807) is 30.3 Å². The number of amides is 2. The molecule has 2 aromatic rings. The zero-order valence-electron chi connectivity index (χ0n) is 16.5. The molecule has 0 radical (unpaired) electrons. The Morgan fingerprint density at radius 1 is 1.14 bits per heavy atom. The molecule has 2 aliphatic heterocycles. The Kier molecular flexibility index (Phi) is 5.51. The van der Waals surface area contributed by atoms with Crippen LogP contribution in [-0.2, 0) is 16.0 Å². The quantitative estimate of drug-likeness (QED) is 0.797. The molecule has 5 nitrogen and oxygen atoms in total. The average molecular weight is 398 g/mol. The van der Waals surface area contributed by atoms with Gasteiger partial charge in [-0.2, -0.15) is 0 Å². The third kappa shape index (κ3) is 3.59. The van der Waals surface area contributed by atoms with Crippen molar-refractivity contribution in [3.8, 4) is 0 Å². The summed E-state index contributed by atoms with van der Waals surface area (Å²) in [6, 6.07) is 12.2. The second-order valence-corrected chi connectivity index (χ2v) is 8.81. The van der Waals surface area contributed by atoms with Gasteiger partial charge in [0.2, 0.25) is 11.8 Å². The van der Waals surface area contributed by atoms with Gasteiger partial charge in [0.25, 0.3) is 0 Å². The van der Waals surface area contributed by atoms with Gasteiger partial charge < -0.3 is 9.80 Å². The van der Waals surface area contributed by atoms with Gasteiger partial charge in [0.05, 0.1) is 18.6 Å². The first-order valence-corrected chi connectivity index (χ1v) is 10.8. The topological polar surface area (TPSA) is 43.9 Å². The molecule has 0 aliphatic carbocycles. The van der Waals surface area contributed by atoms with Crippen molar-refractivity contribution in [2.24, 2.45) is 0 Å². The number of carbonyl (C=O) groups excluding carboxylic acids is 2. The molecule has 0 bridgehead atoms. The number of carbonyl (C=O) groups is 2. The van der Waals surface area contributed by atoms with E-state index < -0.39 is 0 Å². The Morgan fingerprint density at radius 3 is 2.68 bits per heavy atom. The first-order chi connectivity index (χ1) is 13.6. The van der Waals surface area contributed by atoms with Crippen LogP contribution in [0, 0.1) is 0 Å². The predicted molar refractivity (Wildman–Crippen MR) is 111 cm³/mol. The lowest BCUT2D eigenvalue weighted by Gasteiger charge is -2.38. The van der Waals surface area contributed by atoms with Crippen LogP contribution in [0.2, 0.25) is 0 Å². The van der Waals surface area contributed by atoms with Crippen molar-refractivity contribution >= 4 is 23.2 Å². The van der Waals surface area contributed by atoms with Crippen LogP contribution in [0.3, 0.4) is 0 Å². The molecule has 28 heavy (non-hydrogen) atoms. The molecule has 0 N–H and O–H groups in total. The van der Waals surface area contributed by atoms with Crippen LogP contribution in [0.15, 0.2) is 41.8 Å². The Hall–Kier alpha value is -2.18. The van der Waals surface area contributed by atoms with E-state index in [-0.39, 0.29) is 23.9 Å². The minimum absolute atomic E-state index is 0.0331. The molecular weight excluding hydrogens is 370 g/mol. The first-order valence-electron chi connectivity index (χ1n) is 9.92. The molecule has 2 unspecified atom stereocenters. The number of likely N-dealkylation sites (N-methyl/N-ethyl adjacent to an activating group) is 1. The highest BCUT2D eigenvalue weighted by Crippen LogP contribution is 2.38. The Morgan fingerprint density at radius 2 is 1.93 bits per heavy atom. The van der Waals surface area contributed by atoms with Crippen LogP contribution in [0.5, 0.6) is 0 Å². The Labute approximate surface area is 170 Å². The summed E-state index contributed by atoms with van der Waals surface area (Å²) in [5, 5.41) is 2.13. The number of rotatable bonds is 4. The predicted octanol–water partition coefficient (Wildman–Crippen LogP) is 2.77. The third-order valence-corrected chi connectivity index (χ3v) is 6.83. The standard InChI is InChI=1S/C22H27N3O2S/c1-23(2)22(27)18-9-6-12-24(18)15-20(26)25-13-10-19-17(11-14-28-19)21(25)16-7-4-3-5-8-16/h3-5,7-8,11,14,18,21H,6,9-10,12-13,15H2,1-2H3. The van der Waals surface area contributed by atoms with Gasteiger partial charge in [0.15, 0.2) is 0 Å². The summed E-state index contributed by atoms with van der Waals surface area (Å²) in [5.41, 5.74) is 2.40. The van der Waals surface area contributed by atoms with Gasteiger partial charge in [-0.3, -0.25) is 14.5 Å². The van der Waals surface area contributed by atoms with E-state index in [1.165, 1.54) is 10.4 Å². The van der Waals surface area contributed by atoms with Gasteiger partial charge in [-0.15, -0.1) is 11.3 Å². The fourth-order valence-electron chi connectivity index (χ4n) is 4.44. The highest BCUT2D eigenvalue weighted by atomic mass is 32.1. The van der Waals surface area contributed by atoms with Crippen LogP contribution in [-0.4, -0.2) is 66.3 Å². The van der Waals surface area contributed by atoms with E-state index in [0.717, 1.165) is 37.9 Å². The monoisotopic (exact) mass is 397 g/mol. The number of hydrogen-bond donors (Lipinski definition) is 0. The molecule has 0 spiro atoms. The van der Waals surface area contributed by atoms with Crippen LogP contribution >= 0.6 is 11.3 Å². The number of benzene rings is 1. The van der Waals surface area contributed by atoms with Crippen molar-refractivity contribution in [2.75, 3.05) is 33.7 Å². The van der Waals surface area contributed by atoms with E-state index in [4.69, 9.17) is 0 Å². The van der Waals surface area contributed by atoms with Crippen molar-refractivity contribution in [3.05, 3.63) is 57.8 Å². The molecule has 2 amide bonds. The third-order valence-electron chi connectivity index (χ3n) is 5.83. The maximum absolute atomic E-state index is 13.4. The number of likely N-dealkylation sites (tertiary alicyclic amines) is 1. The Balaban J connectivity index is 1.57. The maximum Gasteiger partial charge on any atom is 0.239 e. The van der Waals surface area contributed by atoms with E-state index in [2.05, 4.69) is 28.5 Å². The highest BCUT2D eigenvalue weighted by Gasteiger charge is 2.37. The zero-order valence-corrected chi connectivity index (χ0v) is 17.3. The van der Waals surface area contributed by atoms with E-state index in [9.17, 15) is 9.59 Å². The van der Waals surface area contributed by atoms with Crippen LogP contribution < -0.4 is 0 Å². The summed E-state index contributed by atoms with van der Waals surface area (Å²) >= 11 is 1.78. The lowest BCUT2D eigenvalue weighted by Crippen LogP contribution is -2.49. The molecule has 6 heteroatoms. The van der Waals surface area contributed by atoms with Crippen LogP contribution in [0.25, 0.3) is 0 Å². The molecular formula is C22H27N3O2S. The molecule has 3 heterocycles. The van der Waals surface area contributed by atoms with Crippen molar-refractivity contribution < 1.29 is 9.59 Å². The first kappa shape index (κ1) is 19.2. The smallest absolute Gasteiger partial charge is 0.239 e. The second-order valence-electron chi connectivity index (χ2n) is 7.81. The Bertz CT molecular complexity index is 848. The molecule has 1 fully saturated rings. The van der Waals surface area contributed by atoms with E-state index in [0.29, 0.717) is 6.54 Å². The molecule has 1 saturated heterocycles. The molecule has 2 atom stereocenters. The fraction of sp³-hybridized carbons (Fsp3) is 0.455. The summed E-state index contributed by atoms with van der Waals surface area (Å²) in [4.78, 5) is 33.0. The van der Waals surface area contributed by atoms with Crippen LogP contribution in [0.4, 0.5) is 0 Å². The maximum atomic E-state index is 13.4. The van der Waals surface area contributed by atoms with E-state index in [1.807, 2.05) is 23.1 Å². The molecule has 2 aliphatic rings. The lowest BCUT2D eigenvalue weighted by atomic mass is 9.93. The largest absolute Gasteiger partial charge is 0.347 e. The van der Waals surface area contributed by atoms with E-state index >= 15 is 0 Å². The molecule has 148 valence electrons. The average Bonchev–Trinajstić information content (AvgIpc) is 3.36. The van der Waals surface area contributed by atoms with Gasteiger partial charge >= 0.3 is 0 Å². The number of hydrogen-bond acceptors (Lipinski definition) is 4. The number of nitrogens with zero attached hydrogens (tertiary/aromatic N) is 3. The summed E-state index contributed by atoms with van der Waals surface area (Å²) in [6.07, 6.45) is 2.71. The minimum Gasteiger partial charge on any atom is -0.347 e. The molecule has 1 aromatic carbocycles. The van der Waals surface area contributed by atoms with Gasteiger partial charge in [-0.05, 0) is 48.4 Å². The van der Waals surface area contributed by atoms with Gasteiger partial charge in [0.1, 0.15) is 0 Å². The van der Waals surface area contributed by atoms with Gasteiger partial charge in [-0.25, -0.2) is 0 Å². The van der Waals surface area contributed by atoms with Crippen molar-refractivity contribution in [1.82, 2.24) is 14.7 Å². The molecule has 4 rings (SSSR count). The van der Waals surface area contributed by atoms with Crippen molar-refractivity contribution in [2.45, 2.75) is 31.3 Å². The lowest BCUT2D eigenvalue weighted by molar-refractivity contribution is -0.138. The van der Waals surface area contributed by atoms with Gasteiger partial charge in [-0.1, -0.05) is 30.3 Å².